The molecule has 0 bridgehead atoms. The van der Waals surface area contributed by atoms with Gasteiger partial charge in [-0.2, -0.15) is 0 Å². The van der Waals surface area contributed by atoms with Crippen molar-refractivity contribution in [2.75, 3.05) is 5.32 Å². The molecule has 0 saturated heterocycles. The lowest BCUT2D eigenvalue weighted by Gasteiger charge is -1.99. The zero-order valence-electron chi connectivity index (χ0n) is 11.4. The van der Waals surface area contributed by atoms with E-state index in [1.54, 1.807) is 12.3 Å². The Hall–Kier alpha value is -2.61. The first-order valence-corrected chi connectivity index (χ1v) is 6.51. The highest BCUT2D eigenvalue weighted by Gasteiger charge is 1.99. The lowest BCUT2D eigenvalue weighted by molar-refractivity contribution is -0.111. The Morgan fingerprint density at radius 1 is 0.950 bits per heavy atom. The van der Waals surface area contributed by atoms with Crippen molar-refractivity contribution in [3.05, 3.63) is 84.1 Å². The summed E-state index contributed by atoms with van der Waals surface area (Å²) in [6.45, 7) is 1.82. The largest absolute Gasteiger partial charge is 0.362 e. The number of allylic oxidation sites excluding steroid dienone is 2. The number of carbonyl (C=O) groups excluding carboxylic acids is 1. The standard InChI is InChI=1S/C18H17NO/c1-15(14-16-8-4-2-5-9-16)18(20)12-13-19-17-10-6-3-7-11-17/h2-14,19H,1H3/b13-12-,15-14-. The average molecular weight is 263 g/mol. The maximum atomic E-state index is 11.9. The monoisotopic (exact) mass is 263 g/mol. The molecule has 0 aliphatic carbocycles. The van der Waals surface area contributed by atoms with Crippen molar-refractivity contribution < 1.29 is 4.79 Å². The van der Waals surface area contributed by atoms with Gasteiger partial charge in [0.05, 0.1) is 0 Å². The van der Waals surface area contributed by atoms with E-state index in [-0.39, 0.29) is 5.78 Å². The summed E-state index contributed by atoms with van der Waals surface area (Å²) in [5, 5.41) is 3.07. The lowest BCUT2D eigenvalue weighted by atomic mass is 10.1. The number of rotatable bonds is 5. The molecular formula is C18H17NO. The Morgan fingerprint density at radius 3 is 2.20 bits per heavy atom. The second kappa shape index (κ2) is 7.10. The number of hydrogen-bond donors (Lipinski definition) is 1. The van der Waals surface area contributed by atoms with E-state index in [0.29, 0.717) is 5.57 Å². The van der Waals surface area contributed by atoms with Crippen molar-refractivity contribution in [1.82, 2.24) is 0 Å². The molecule has 0 heterocycles. The van der Waals surface area contributed by atoms with Crippen molar-refractivity contribution in [2.45, 2.75) is 6.92 Å². The smallest absolute Gasteiger partial charge is 0.182 e. The van der Waals surface area contributed by atoms with Crippen molar-refractivity contribution in [3.8, 4) is 0 Å². The van der Waals surface area contributed by atoms with E-state index in [9.17, 15) is 4.79 Å². The summed E-state index contributed by atoms with van der Waals surface area (Å²) >= 11 is 0. The van der Waals surface area contributed by atoms with Gasteiger partial charge in [-0.25, -0.2) is 0 Å². The fourth-order valence-electron chi connectivity index (χ4n) is 1.75. The predicted molar refractivity (Wildman–Crippen MR) is 84.3 cm³/mol. The first kappa shape index (κ1) is 13.8. The third kappa shape index (κ3) is 4.25. The minimum atomic E-state index is -0.00251. The third-order valence-electron chi connectivity index (χ3n) is 2.83. The molecular weight excluding hydrogens is 246 g/mol. The van der Waals surface area contributed by atoms with Crippen LogP contribution in [0.25, 0.3) is 6.08 Å². The summed E-state index contributed by atoms with van der Waals surface area (Å²) in [5.74, 6) is -0.00251. The van der Waals surface area contributed by atoms with Gasteiger partial charge in [0.1, 0.15) is 0 Å². The maximum Gasteiger partial charge on any atom is 0.182 e. The Labute approximate surface area is 119 Å². The topological polar surface area (TPSA) is 29.1 Å². The van der Waals surface area contributed by atoms with Gasteiger partial charge in [-0.05, 0) is 36.3 Å². The summed E-state index contributed by atoms with van der Waals surface area (Å²) < 4.78 is 0. The number of hydrogen-bond acceptors (Lipinski definition) is 2. The molecule has 2 nitrogen and oxygen atoms in total. The first-order valence-electron chi connectivity index (χ1n) is 6.51. The van der Waals surface area contributed by atoms with Crippen LogP contribution >= 0.6 is 0 Å². The third-order valence-corrected chi connectivity index (χ3v) is 2.83. The average Bonchev–Trinajstić information content (AvgIpc) is 2.49. The van der Waals surface area contributed by atoms with E-state index in [0.717, 1.165) is 11.3 Å². The zero-order valence-corrected chi connectivity index (χ0v) is 11.4. The SMILES string of the molecule is C/C(=C/c1ccccc1)C(=O)/C=C\Nc1ccccc1. The fraction of sp³-hybridized carbons (Fsp3) is 0.0556. The van der Waals surface area contributed by atoms with Gasteiger partial charge in [0, 0.05) is 18.0 Å². The molecule has 0 aliphatic heterocycles. The normalized spacial score (nSPS) is 11.6. The Balaban J connectivity index is 1.96. The van der Waals surface area contributed by atoms with Gasteiger partial charge < -0.3 is 5.32 Å². The van der Waals surface area contributed by atoms with Crippen LogP contribution in [0.2, 0.25) is 0 Å². The van der Waals surface area contributed by atoms with Gasteiger partial charge in [-0.3, -0.25) is 4.79 Å². The second-order valence-electron chi connectivity index (χ2n) is 4.45. The number of benzene rings is 2. The van der Waals surface area contributed by atoms with Crippen LogP contribution in [-0.4, -0.2) is 5.78 Å². The van der Waals surface area contributed by atoms with Crippen LogP contribution in [0, 0.1) is 0 Å². The van der Waals surface area contributed by atoms with E-state index in [4.69, 9.17) is 0 Å². The van der Waals surface area contributed by atoms with Gasteiger partial charge in [-0.15, -0.1) is 0 Å². The summed E-state index contributed by atoms with van der Waals surface area (Å²) in [4.78, 5) is 11.9. The van der Waals surface area contributed by atoms with Crippen LogP contribution < -0.4 is 5.32 Å². The molecule has 2 aromatic rings. The molecule has 2 aromatic carbocycles. The number of nitrogens with one attached hydrogen (secondary N) is 1. The van der Waals surface area contributed by atoms with Crippen LogP contribution in [0.5, 0.6) is 0 Å². The van der Waals surface area contributed by atoms with Gasteiger partial charge in [0.2, 0.25) is 0 Å². The van der Waals surface area contributed by atoms with Crippen LogP contribution in [0.3, 0.4) is 0 Å². The quantitative estimate of drug-likeness (QED) is 0.815. The van der Waals surface area contributed by atoms with E-state index in [1.807, 2.05) is 73.7 Å². The molecule has 0 saturated carbocycles. The number of anilines is 1. The molecule has 2 heteroatoms. The van der Waals surface area contributed by atoms with Crippen LogP contribution in [-0.2, 0) is 4.79 Å². The van der Waals surface area contributed by atoms with Crippen molar-refractivity contribution in [2.24, 2.45) is 0 Å². The van der Waals surface area contributed by atoms with Crippen molar-refractivity contribution in [1.29, 1.82) is 0 Å². The van der Waals surface area contributed by atoms with Gasteiger partial charge >= 0.3 is 0 Å². The number of carbonyl (C=O) groups is 1. The molecule has 0 aliphatic rings. The Kier molecular flexibility index (Phi) is 4.90. The van der Waals surface area contributed by atoms with Crippen LogP contribution in [0.15, 0.2) is 78.5 Å². The summed E-state index contributed by atoms with van der Waals surface area (Å²) in [6.07, 6.45) is 5.09. The Morgan fingerprint density at radius 2 is 1.55 bits per heavy atom. The highest BCUT2D eigenvalue weighted by molar-refractivity contribution is 6.06. The van der Waals surface area contributed by atoms with Crippen molar-refractivity contribution in [3.63, 3.8) is 0 Å². The first-order chi connectivity index (χ1) is 9.75. The molecule has 0 spiro atoms. The minimum Gasteiger partial charge on any atom is -0.362 e. The van der Waals surface area contributed by atoms with E-state index < -0.39 is 0 Å². The highest BCUT2D eigenvalue weighted by atomic mass is 16.1. The Bertz CT molecular complexity index is 612. The molecule has 2 rings (SSSR count). The summed E-state index contributed by atoms with van der Waals surface area (Å²) in [7, 11) is 0. The predicted octanol–water partition coefficient (Wildman–Crippen LogP) is 4.28. The maximum absolute atomic E-state index is 11.9. The molecule has 0 radical (unpaired) electrons. The molecule has 100 valence electrons. The van der Waals surface area contributed by atoms with E-state index in [1.165, 1.54) is 0 Å². The lowest BCUT2D eigenvalue weighted by Crippen LogP contribution is -1.96. The summed E-state index contributed by atoms with van der Waals surface area (Å²) in [5.41, 5.74) is 2.70. The van der Waals surface area contributed by atoms with Crippen molar-refractivity contribution >= 4 is 17.5 Å². The fourth-order valence-corrected chi connectivity index (χ4v) is 1.75. The molecule has 0 amide bonds. The minimum absolute atomic E-state index is 0.00251. The molecule has 0 unspecified atom stereocenters. The molecule has 0 fully saturated rings. The highest BCUT2D eigenvalue weighted by Crippen LogP contribution is 2.08. The van der Waals surface area contributed by atoms with Gasteiger partial charge in [0.25, 0.3) is 0 Å². The van der Waals surface area contributed by atoms with Gasteiger partial charge in [-0.1, -0.05) is 48.5 Å². The van der Waals surface area contributed by atoms with Crippen LogP contribution in [0.4, 0.5) is 5.69 Å². The second-order valence-corrected chi connectivity index (χ2v) is 4.45. The molecule has 0 atom stereocenters. The van der Waals surface area contributed by atoms with Gasteiger partial charge in [0.15, 0.2) is 5.78 Å². The zero-order chi connectivity index (χ0) is 14.2. The van der Waals surface area contributed by atoms with Crippen LogP contribution in [0.1, 0.15) is 12.5 Å². The molecule has 0 aromatic heterocycles. The summed E-state index contributed by atoms with van der Waals surface area (Å²) in [6, 6.07) is 19.5. The van der Waals surface area contributed by atoms with E-state index >= 15 is 0 Å². The molecule has 20 heavy (non-hydrogen) atoms. The number of para-hydroxylation sites is 1. The number of ketones is 1. The van der Waals surface area contributed by atoms with E-state index in [2.05, 4.69) is 5.32 Å². The molecule has 1 N–H and O–H groups in total.